The third-order valence-electron chi connectivity index (χ3n) is 2.96. The Balaban J connectivity index is 2.47. The van der Waals surface area contributed by atoms with Gasteiger partial charge in [-0.1, -0.05) is 29.8 Å². The lowest BCUT2D eigenvalue weighted by molar-refractivity contribution is 0.411. The molecule has 0 radical (unpaired) electrons. The topological polar surface area (TPSA) is 29.1 Å². The maximum atomic E-state index is 12.0. The zero-order valence-corrected chi connectivity index (χ0v) is 11.9. The van der Waals surface area contributed by atoms with Crippen LogP contribution in [0.2, 0.25) is 0 Å². The van der Waals surface area contributed by atoms with E-state index in [0.717, 1.165) is 21.7 Å². The molecule has 1 aliphatic heterocycles. The minimum Gasteiger partial charge on any atom is -0.310 e. The van der Waals surface area contributed by atoms with Gasteiger partial charge in [-0.15, -0.1) is 0 Å². The highest BCUT2D eigenvalue weighted by molar-refractivity contribution is 9.10. The lowest BCUT2D eigenvalue weighted by atomic mass is 9.95. The second kappa shape index (κ2) is 4.98. The first-order chi connectivity index (χ1) is 7.63. The molecule has 1 aromatic rings. The number of hydrogen-bond acceptors (Lipinski definition) is 2. The first-order valence-electron chi connectivity index (χ1n) is 5.54. The molecule has 0 saturated carbocycles. The van der Waals surface area contributed by atoms with Gasteiger partial charge in [0, 0.05) is 21.2 Å². The van der Waals surface area contributed by atoms with E-state index in [0.29, 0.717) is 12.0 Å². The van der Waals surface area contributed by atoms with Gasteiger partial charge in [-0.2, -0.15) is 0 Å². The highest BCUT2D eigenvalue weighted by atomic mass is 79.9. The summed E-state index contributed by atoms with van der Waals surface area (Å²) >= 11 is 3.48. The van der Waals surface area contributed by atoms with Gasteiger partial charge < -0.3 is 5.32 Å². The molecule has 0 bridgehead atoms. The van der Waals surface area contributed by atoms with Gasteiger partial charge in [0.1, 0.15) is 0 Å². The third-order valence-corrected chi connectivity index (χ3v) is 5.14. The molecular formula is C12H16BrNOS. The zero-order valence-electron chi connectivity index (χ0n) is 9.50. The molecule has 2 rings (SSSR count). The van der Waals surface area contributed by atoms with Gasteiger partial charge in [0.15, 0.2) is 0 Å². The number of halogens is 1. The number of hydrogen-bond donors (Lipinski definition) is 1. The molecule has 4 heteroatoms. The monoisotopic (exact) mass is 301 g/mol. The molecule has 0 aromatic heterocycles. The van der Waals surface area contributed by atoms with Gasteiger partial charge in [-0.05, 0) is 36.2 Å². The van der Waals surface area contributed by atoms with Crippen LogP contribution in [-0.4, -0.2) is 16.5 Å². The van der Waals surface area contributed by atoms with Crippen LogP contribution in [0.4, 0.5) is 0 Å². The van der Waals surface area contributed by atoms with Crippen LogP contribution in [0.3, 0.4) is 0 Å². The number of rotatable bonds is 2. The fourth-order valence-electron chi connectivity index (χ4n) is 2.23. The third kappa shape index (κ3) is 2.24. The smallest absolute Gasteiger partial charge is 0.0536 e. The summed E-state index contributed by atoms with van der Waals surface area (Å²) in [5.74, 6) is 1.18. The summed E-state index contributed by atoms with van der Waals surface area (Å²) in [5.41, 5.74) is 1.19. The molecule has 88 valence electrons. The van der Waals surface area contributed by atoms with Crippen molar-refractivity contribution in [2.45, 2.75) is 24.8 Å². The Labute approximate surface area is 107 Å². The standard InChI is InChI=1S/C12H16BrNOS/c1-3-14-12-8(2)7-16(15)11-5-4-9(13)6-10(11)12/h4-6,8,12,14H,3,7H2,1-2H3. The van der Waals surface area contributed by atoms with E-state index in [1.807, 2.05) is 12.1 Å². The van der Waals surface area contributed by atoms with Crippen molar-refractivity contribution in [2.75, 3.05) is 12.3 Å². The molecule has 1 aliphatic rings. The van der Waals surface area contributed by atoms with Gasteiger partial charge in [-0.3, -0.25) is 4.21 Å². The first kappa shape index (κ1) is 12.3. The molecule has 0 saturated heterocycles. The quantitative estimate of drug-likeness (QED) is 0.910. The summed E-state index contributed by atoms with van der Waals surface area (Å²) in [6.07, 6.45) is 0. The predicted octanol–water partition coefficient (Wildman–Crippen LogP) is 2.86. The lowest BCUT2D eigenvalue weighted by Gasteiger charge is -2.31. The van der Waals surface area contributed by atoms with Crippen molar-refractivity contribution < 1.29 is 4.21 Å². The number of benzene rings is 1. The fourth-order valence-corrected chi connectivity index (χ4v) is 4.13. The van der Waals surface area contributed by atoms with Gasteiger partial charge in [-0.25, -0.2) is 0 Å². The van der Waals surface area contributed by atoms with Crippen molar-refractivity contribution in [3.63, 3.8) is 0 Å². The second-order valence-corrected chi connectivity index (χ2v) is 6.59. The van der Waals surface area contributed by atoms with E-state index >= 15 is 0 Å². The van der Waals surface area contributed by atoms with Crippen LogP contribution in [0.1, 0.15) is 25.5 Å². The molecule has 16 heavy (non-hydrogen) atoms. The van der Waals surface area contributed by atoms with E-state index in [9.17, 15) is 4.21 Å². The zero-order chi connectivity index (χ0) is 11.7. The highest BCUT2D eigenvalue weighted by Gasteiger charge is 2.30. The van der Waals surface area contributed by atoms with E-state index in [2.05, 4.69) is 41.2 Å². The Morgan fingerprint density at radius 2 is 2.31 bits per heavy atom. The van der Waals surface area contributed by atoms with Gasteiger partial charge in [0.05, 0.1) is 10.8 Å². The van der Waals surface area contributed by atoms with E-state index in [-0.39, 0.29) is 0 Å². The average Bonchev–Trinajstić information content (AvgIpc) is 2.23. The summed E-state index contributed by atoms with van der Waals surface area (Å²) in [7, 11) is -0.839. The Hall–Kier alpha value is -0.190. The minimum atomic E-state index is -0.839. The van der Waals surface area contributed by atoms with Crippen LogP contribution in [0, 0.1) is 5.92 Å². The van der Waals surface area contributed by atoms with Crippen molar-refractivity contribution in [3.8, 4) is 0 Å². The van der Waals surface area contributed by atoms with E-state index < -0.39 is 10.8 Å². The normalized spacial score (nSPS) is 28.8. The first-order valence-corrected chi connectivity index (χ1v) is 7.66. The SMILES string of the molecule is CCNC1c2cc(Br)ccc2S(=O)CC1C. The summed E-state index contributed by atoms with van der Waals surface area (Å²) in [5, 5.41) is 3.48. The summed E-state index contributed by atoms with van der Waals surface area (Å²) in [6, 6.07) is 6.37. The summed E-state index contributed by atoms with van der Waals surface area (Å²) in [6.45, 7) is 5.21. The molecule has 1 aromatic carbocycles. The van der Waals surface area contributed by atoms with Crippen LogP contribution in [-0.2, 0) is 10.8 Å². The van der Waals surface area contributed by atoms with E-state index in [1.165, 1.54) is 5.56 Å². The van der Waals surface area contributed by atoms with Gasteiger partial charge in [0.2, 0.25) is 0 Å². The van der Waals surface area contributed by atoms with Crippen LogP contribution >= 0.6 is 15.9 Å². The molecule has 3 atom stereocenters. The second-order valence-electron chi connectivity index (χ2n) is 4.21. The Morgan fingerprint density at radius 1 is 1.56 bits per heavy atom. The van der Waals surface area contributed by atoms with Crippen LogP contribution in [0.25, 0.3) is 0 Å². The summed E-state index contributed by atoms with van der Waals surface area (Å²) < 4.78 is 13.1. The fraction of sp³-hybridized carbons (Fsp3) is 0.500. The van der Waals surface area contributed by atoms with Crippen molar-refractivity contribution >= 4 is 26.7 Å². The molecule has 0 amide bonds. The summed E-state index contributed by atoms with van der Waals surface area (Å²) in [4.78, 5) is 0.993. The predicted molar refractivity (Wildman–Crippen MR) is 71.0 cm³/mol. The molecule has 1 heterocycles. The Morgan fingerprint density at radius 3 is 3.00 bits per heavy atom. The van der Waals surface area contributed by atoms with Crippen molar-refractivity contribution in [1.29, 1.82) is 0 Å². The Bertz CT molecular complexity index is 421. The van der Waals surface area contributed by atoms with Crippen molar-refractivity contribution in [3.05, 3.63) is 28.2 Å². The van der Waals surface area contributed by atoms with Gasteiger partial charge in [0.25, 0.3) is 0 Å². The largest absolute Gasteiger partial charge is 0.310 e. The van der Waals surface area contributed by atoms with Crippen LogP contribution in [0.5, 0.6) is 0 Å². The van der Waals surface area contributed by atoms with E-state index in [1.54, 1.807) is 0 Å². The maximum Gasteiger partial charge on any atom is 0.0536 e. The highest BCUT2D eigenvalue weighted by Crippen LogP contribution is 2.35. The molecule has 0 fully saturated rings. The van der Waals surface area contributed by atoms with Crippen molar-refractivity contribution in [2.24, 2.45) is 5.92 Å². The number of fused-ring (bicyclic) bond motifs is 1. The van der Waals surface area contributed by atoms with Gasteiger partial charge >= 0.3 is 0 Å². The average molecular weight is 302 g/mol. The molecule has 0 aliphatic carbocycles. The van der Waals surface area contributed by atoms with Crippen LogP contribution < -0.4 is 5.32 Å². The minimum absolute atomic E-state index is 0.329. The maximum absolute atomic E-state index is 12.0. The van der Waals surface area contributed by atoms with Crippen LogP contribution in [0.15, 0.2) is 27.6 Å². The molecule has 2 nitrogen and oxygen atoms in total. The molecule has 1 N–H and O–H groups in total. The Kier molecular flexibility index (Phi) is 3.82. The number of nitrogens with one attached hydrogen (secondary N) is 1. The molecule has 3 unspecified atom stereocenters. The van der Waals surface area contributed by atoms with Crippen molar-refractivity contribution in [1.82, 2.24) is 5.32 Å². The molecule has 0 spiro atoms. The van der Waals surface area contributed by atoms with E-state index in [4.69, 9.17) is 0 Å². The molecular weight excluding hydrogens is 286 g/mol. The lowest BCUT2D eigenvalue weighted by Crippen LogP contribution is -2.34.